The molecule has 1 aromatic carbocycles. The summed E-state index contributed by atoms with van der Waals surface area (Å²) >= 11 is 12.0. The van der Waals surface area contributed by atoms with Crippen LogP contribution >= 0.6 is 23.2 Å². The molecule has 0 saturated heterocycles. The van der Waals surface area contributed by atoms with E-state index in [4.69, 9.17) is 27.7 Å². The number of nitrogens with one attached hydrogen (secondary N) is 2. The van der Waals surface area contributed by atoms with Crippen molar-refractivity contribution in [2.75, 3.05) is 17.2 Å². The highest BCUT2D eigenvalue weighted by Crippen LogP contribution is 2.21. The fraction of sp³-hybridized carbons (Fsp3) is 0.176. The van der Waals surface area contributed by atoms with Crippen LogP contribution in [-0.4, -0.2) is 27.6 Å². The monoisotopic (exact) mass is 391 g/mol. The molecule has 0 unspecified atom stereocenters. The SMILES string of the molecule is Cc1cc(NC(=O)c2ccnc(NCCc3ccc(Cl)cc3Cl)n2)no1. The van der Waals surface area contributed by atoms with Crippen LogP contribution in [0.4, 0.5) is 11.8 Å². The first-order valence-corrected chi connectivity index (χ1v) is 8.52. The third kappa shape index (κ3) is 4.71. The van der Waals surface area contributed by atoms with E-state index in [9.17, 15) is 4.79 Å². The Balaban J connectivity index is 1.59. The van der Waals surface area contributed by atoms with Gasteiger partial charge in [0, 0.05) is 28.9 Å². The molecule has 3 rings (SSSR count). The number of hydrogen-bond acceptors (Lipinski definition) is 6. The maximum absolute atomic E-state index is 12.2. The van der Waals surface area contributed by atoms with E-state index in [1.807, 2.05) is 6.07 Å². The number of aryl methyl sites for hydroxylation is 1. The van der Waals surface area contributed by atoms with Crippen LogP contribution in [0.3, 0.4) is 0 Å². The van der Waals surface area contributed by atoms with E-state index in [-0.39, 0.29) is 5.69 Å². The first-order valence-electron chi connectivity index (χ1n) is 7.77. The molecule has 0 fully saturated rings. The van der Waals surface area contributed by atoms with E-state index in [1.165, 1.54) is 12.3 Å². The summed E-state index contributed by atoms with van der Waals surface area (Å²) in [5.74, 6) is 0.882. The van der Waals surface area contributed by atoms with Crippen LogP contribution in [0.15, 0.2) is 41.1 Å². The van der Waals surface area contributed by atoms with E-state index in [2.05, 4.69) is 25.8 Å². The summed E-state index contributed by atoms with van der Waals surface area (Å²) in [6.07, 6.45) is 2.17. The maximum Gasteiger partial charge on any atom is 0.275 e. The average molecular weight is 392 g/mol. The molecule has 1 amide bonds. The van der Waals surface area contributed by atoms with Crippen molar-refractivity contribution in [2.45, 2.75) is 13.3 Å². The van der Waals surface area contributed by atoms with Gasteiger partial charge in [-0.05, 0) is 37.1 Å². The summed E-state index contributed by atoms with van der Waals surface area (Å²) in [7, 11) is 0. The summed E-state index contributed by atoms with van der Waals surface area (Å²) < 4.78 is 4.91. The molecule has 0 bridgehead atoms. The lowest BCUT2D eigenvalue weighted by Gasteiger charge is -2.08. The summed E-state index contributed by atoms with van der Waals surface area (Å²) in [5, 5.41) is 10.6. The van der Waals surface area contributed by atoms with Gasteiger partial charge in [-0.1, -0.05) is 34.4 Å². The van der Waals surface area contributed by atoms with Gasteiger partial charge in [-0.25, -0.2) is 9.97 Å². The highest BCUT2D eigenvalue weighted by molar-refractivity contribution is 6.35. The van der Waals surface area contributed by atoms with Crippen LogP contribution in [-0.2, 0) is 6.42 Å². The Bertz CT molecular complexity index is 929. The molecule has 0 atom stereocenters. The molecular weight excluding hydrogens is 377 g/mol. The van der Waals surface area contributed by atoms with Gasteiger partial charge in [-0.2, -0.15) is 0 Å². The molecule has 2 N–H and O–H groups in total. The predicted molar refractivity (Wildman–Crippen MR) is 99.9 cm³/mol. The van der Waals surface area contributed by atoms with Crippen LogP contribution < -0.4 is 10.6 Å². The Morgan fingerprint density at radius 2 is 2.08 bits per heavy atom. The van der Waals surface area contributed by atoms with Gasteiger partial charge in [0.05, 0.1) is 0 Å². The molecule has 0 aliphatic heterocycles. The predicted octanol–water partition coefficient (Wildman–Crippen LogP) is 3.99. The lowest BCUT2D eigenvalue weighted by Crippen LogP contribution is -2.16. The van der Waals surface area contributed by atoms with Crippen LogP contribution in [0.5, 0.6) is 0 Å². The zero-order valence-corrected chi connectivity index (χ0v) is 15.3. The Hall–Kier alpha value is -2.64. The number of aromatic nitrogens is 3. The van der Waals surface area contributed by atoms with E-state index in [0.29, 0.717) is 40.5 Å². The minimum absolute atomic E-state index is 0.215. The highest BCUT2D eigenvalue weighted by atomic mass is 35.5. The van der Waals surface area contributed by atoms with Gasteiger partial charge in [-0.15, -0.1) is 0 Å². The number of carbonyl (C=O) groups is 1. The standard InChI is InChI=1S/C17H15Cl2N5O2/c1-10-8-15(24-26-10)23-16(25)14-5-7-21-17(22-14)20-6-4-11-2-3-12(18)9-13(11)19/h2-3,5,7-9H,4,6H2,1H3,(H,20,21,22)(H,23,24,25). The molecule has 2 heterocycles. The van der Waals surface area contributed by atoms with E-state index >= 15 is 0 Å². The summed E-state index contributed by atoms with van der Waals surface area (Å²) in [5.41, 5.74) is 1.17. The maximum atomic E-state index is 12.2. The topological polar surface area (TPSA) is 92.9 Å². The smallest absolute Gasteiger partial charge is 0.275 e. The van der Waals surface area contributed by atoms with Crippen LogP contribution in [0.1, 0.15) is 21.8 Å². The first-order chi connectivity index (χ1) is 12.5. The minimum atomic E-state index is -0.399. The largest absolute Gasteiger partial charge is 0.360 e. The average Bonchev–Trinajstić information content (AvgIpc) is 3.02. The van der Waals surface area contributed by atoms with Crippen molar-refractivity contribution in [1.29, 1.82) is 0 Å². The molecule has 0 saturated carbocycles. The van der Waals surface area contributed by atoms with E-state index in [0.717, 1.165) is 5.56 Å². The molecule has 3 aromatic rings. The second-order valence-corrected chi connectivity index (χ2v) is 6.30. The normalized spacial score (nSPS) is 10.6. The number of rotatable bonds is 6. The van der Waals surface area contributed by atoms with E-state index in [1.54, 1.807) is 25.1 Å². The number of amides is 1. The van der Waals surface area contributed by atoms with E-state index < -0.39 is 5.91 Å². The summed E-state index contributed by atoms with van der Waals surface area (Å²) in [6.45, 7) is 2.29. The summed E-state index contributed by atoms with van der Waals surface area (Å²) in [4.78, 5) is 20.5. The molecule has 0 aliphatic rings. The molecular formula is C17H15Cl2N5O2. The molecule has 0 aliphatic carbocycles. The van der Waals surface area contributed by atoms with Gasteiger partial charge in [0.2, 0.25) is 5.95 Å². The second-order valence-electron chi connectivity index (χ2n) is 5.45. The molecule has 0 spiro atoms. The van der Waals surface area contributed by atoms with Gasteiger partial charge in [0.15, 0.2) is 5.82 Å². The molecule has 9 heteroatoms. The fourth-order valence-electron chi connectivity index (χ4n) is 2.21. The molecule has 2 aromatic heterocycles. The number of benzene rings is 1. The van der Waals surface area contributed by atoms with Crippen LogP contribution in [0, 0.1) is 6.92 Å². The molecule has 7 nitrogen and oxygen atoms in total. The lowest BCUT2D eigenvalue weighted by molar-refractivity contribution is 0.102. The van der Waals surface area contributed by atoms with Gasteiger partial charge in [-0.3, -0.25) is 4.79 Å². The summed E-state index contributed by atoms with van der Waals surface area (Å²) in [6, 6.07) is 8.50. The Morgan fingerprint density at radius 3 is 2.81 bits per heavy atom. The lowest BCUT2D eigenvalue weighted by atomic mass is 10.1. The number of halogens is 2. The van der Waals surface area contributed by atoms with Crippen LogP contribution in [0.25, 0.3) is 0 Å². The van der Waals surface area contributed by atoms with Gasteiger partial charge < -0.3 is 15.2 Å². The van der Waals surface area contributed by atoms with Crippen LogP contribution in [0.2, 0.25) is 10.0 Å². The van der Waals surface area contributed by atoms with Gasteiger partial charge in [0.1, 0.15) is 11.5 Å². The van der Waals surface area contributed by atoms with Crippen molar-refractivity contribution in [2.24, 2.45) is 0 Å². The molecule has 0 radical (unpaired) electrons. The van der Waals surface area contributed by atoms with Crippen molar-refractivity contribution < 1.29 is 9.32 Å². The van der Waals surface area contributed by atoms with Crippen molar-refractivity contribution in [3.05, 3.63) is 63.6 Å². The Morgan fingerprint density at radius 1 is 1.23 bits per heavy atom. The molecule has 134 valence electrons. The van der Waals surface area contributed by atoms with Crippen molar-refractivity contribution in [3.8, 4) is 0 Å². The minimum Gasteiger partial charge on any atom is -0.360 e. The quantitative estimate of drug-likeness (QED) is 0.659. The fourth-order valence-corrected chi connectivity index (χ4v) is 2.71. The zero-order valence-electron chi connectivity index (χ0n) is 13.8. The van der Waals surface area contributed by atoms with Crippen molar-refractivity contribution in [1.82, 2.24) is 15.1 Å². The Labute approximate surface area is 159 Å². The first kappa shape index (κ1) is 18.2. The van der Waals surface area contributed by atoms with Crippen molar-refractivity contribution in [3.63, 3.8) is 0 Å². The number of anilines is 2. The number of carbonyl (C=O) groups excluding carboxylic acids is 1. The zero-order chi connectivity index (χ0) is 18.5. The van der Waals surface area contributed by atoms with Gasteiger partial charge in [0.25, 0.3) is 5.91 Å². The number of nitrogens with zero attached hydrogens (tertiary/aromatic N) is 3. The van der Waals surface area contributed by atoms with Crippen molar-refractivity contribution >= 4 is 40.9 Å². The second kappa shape index (κ2) is 8.16. The number of hydrogen-bond donors (Lipinski definition) is 2. The van der Waals surface area contributed by atoms with Gasteiger partial charge >= 0.3 is 0 Å². The molecule has 26 heavy (non-hydrogen) atoms. The third-order valence-corrected chi connectivity index (χ3v) is 4.04. The highest BCUT2D eigenvalue weighted by Gasteiger charge is 2.11. The Kier molecular flexibility index (Phi) is 5.70. The third-order valence-electron chi connectivity index (χ3n) is 3.45.